The molecule has 3 aliphatic rings. The molecule has 3 nitrogen and oxygen atoms in total. The van der Waals surface area contributed by atoms with E-state index in [1.54, 1.807) is 0 Å². The summed E-state index contributed by atoms with van der Waals surface area (Å²) in [6, 6.07) is 0.487. The lowest BCUT2D eigenvalue weighted by atomic mass is 9.85. The molecule has 1 aliphatic heterocycles. The first kappa shape index (κ1) is 10.3. The molecule has 88 valence electrons. The van der Waals surface area contributed by atoms with Crippen LogP contribution >= 0.6 is 0 Å². The maximum atomic E-state index is 12.0. The van der Waals surface area contributed by atoms with Crippen molar-refractivity contribution in [1.29, 1.82) is 0 Å². The Kier molecular flexibility index (Phi) is 2.30. The molecule has 1 heterocycles. The number of hydrazone groups is 1. The molecular formula is C13H21N2O+. The zero-order valence-corrected chi connectivity index (χ0v) is 10.2. The first-order valence-corrected chi connectivity index (χ1v) is 6.70. The predicted octanol–water partition coefficient (Wildman–Crippen LogP) is 1.72. The van der Waals surface area contributed by atoms with Gasteiger partial charge in [0.1, 0.15) is 5.92 Å². The van der Waals surface area contributed by atoms with Crippen LogP contribution in [0.4, 0.5) is 0 Å². The Labute approximate surface area is 96.9 Å². The van der Waals surface area contributed by atoms with Gasteiger partial charge < -0.3 is 0 Å². The predicted molar refractivity (Wildman–Crippen MR) is 62.1 cm³/mol. The van der Waals surface area contributed by atoms with E-state index in [9.17, 15) is 4.79 Å². The molecule has 0 aromatic heterocycles. The van der Waals surface area contributed by atoms with E-state index >= 15 is 0 Å². The SMILES string of the molecule is CCC(CC)=[N+]1NC(=O)[C@H]2[C@@H]3CC[C@@H](C3)[C@H]21. The fraction of sp³-hybridized carbons (Fsp3) is 0.846. The largest absolute Gasteiger partial charge is 0.284 e. The van der Waals surface area contributed by atoms with E-state index in [1.165, 1.54) is 25.0 Å². The third-order valence-electron chi connectivity index (χ3n) is 4.86. The van der Waals surface area contributed by atoms with Crippen molar-refractivity contribution < 1.29 is 9.48 Å². The molecule has 1 N–H and O–H groups in total. The molecule has 0 spiro atoms. The van der Waals surface area contributed by atoms with Gasteiger partial charge in [-0.1, -0.05) is 13.8 Å². The normalized spacial score (nSPS) is 40.1. The molecule has 0 radical (unpaired) electrons. The van der Waals surface area contributed by atoms with E-state index in [4.69, 9.17) is 0 Å². The van der Waals surface area contributed by atoms with Crippen molar-refractivity contribution in [1.82, 2.24) is 5.43 Å². The lowest BCUT2D eigenvalue weighted by Crippen LogP contribution is -2.37. The second-order valence-electron chi connectivity index (χ2n) is 5.47. The molecule has 2 saturated carbocycles. The maximum absolute atomic E-state index is 12.0. The Morgan fingerprint density at radius 2 is 2.00 bits per heavy atom. The molecule has 1 amide bonds. The molecule has 2 bridgehead atoms. The van der Waals surface area contributed by atoms with Gasteiger partial charge in [0.25, 0.3) is 5.91 Å². The van der Waals surface area contributed by atoms with Crippen molar-refractivity contribution in [2.75, 3.05) is 0 Å². The highest BCUT2D eigenvalue weighted by molar-refractivity contribution is 5.84. The third kappa shape index (κ3) is 1.20. The van der Waals surface area contributed by atoms with Gasteiger partial charge in [-0.2, -0.15) is 0 Å². The van der Waals surface area contributed by atoms with Gasteiger partial charge in [0.15, 0.2) is 11.8 Å². The Balaban J connectivity index is 1.99. The highest BCUT2D eigenvalue weighted by Crippen LogP contribution is 2.51. The Bertz CT molecular complexity index is 355. The molecular weight excluding hydrogens is 200 g/mol. The monoisotopic (exact) mass is 221 g/mol. The minimum Gasteiger partial charge on any atom is -0.269 e. The smallest absolute Gasteiger partial charge is 0.269 e. The number of rotatable bonds is 2. The summed E-state index contributed by atoms with van der Waals surface area (Å²) in [5, 5.41) is 0. The van der Waals surface area contributed by atoms with Gasteiger partial charge in [-0.15, -0.1) is 10.1 Å². The first-order chi connectivity index (χ1) is 7.76. The average Bonchev–Trinajstić information content (AvgIpc) is 2.94. The molecule has 3 rings (SSSR count). The second-order valence-corrected chi connectivity index (χ2v) is 5.47. The Hall–Kier alpha value is -0.860. The van der Waals surface area contributed by atoms with Crippen molar-refractivity contribution in [2.45, 2.75) is 52.0 Å². The number of nitrogens with one attached hydrogen (secondary N) is 1. The van der Waals surface area contributed by atoms with Gasteiger partial charge in [0, 0.05) is 18.8 Å². The molecule has 1 saturated heterocycles. The zero-order chi connectivity index (χ0) is 11.3. The summed E-state index contributed by atoms with van der Waals surface area (Å²) in [4.78, 5) is 12.0. The molecule has 4 atom stereocenters. The number of amides is 1. The summed E-state index contributed by atoms with van der Waals surface area (Å²) in [6.07, 6.45) is 6.01. The van der Waals surface area contributed by atoms with Gasteiger partial charge in [-0.05, 0) is 25.2 Å². The second kappa shape index (κ2) is 3.57. The topological polar surface area (TPSA) is 32.1 Å². The number of hydrazine groups is 1. The molecule has 0 unspecified atom stereocenters. The summed E-state index contributed by atoms with van der Waals surface area (Å²) in [5.41, 5.74) is 4.51. The average molecular weight is 221 g/mol. The van der Waals surface area contributed by atoms with Crippen LogP contribution in [0, 0.1) is 17.8 Å². The Morgan fingerprint density at radius 1 is 1.31 bits per heavy atom. The molecule has 3 fully saturated rings. The molecule has 2 aliphatic carbocycles. The van der Waals surface area contributed by atoms with Gasteiger partial charge >= 0.3 is 0 Å². The van der Waals surface area contributed by atoms with Crippen LogP contribution in [-0.4, -0.2) is 22.3 Å². The van der Waals surface area contributed by atoms with Crippen LogP contribution in [0.5, 0.6) is 0 Å². The molecule has 0 aromatic carbocycles. The summed E-state index contributed by atoms with van der Waals surface area (Å²) < 4.78 is 2.23. The van der Waals surface area contributed by atoms with Crippen LogP contribution in [0.3, 0.4) is 0 Å². The van der Waals surface area contributed by atoms with Crippen LogP contribution < -0.4 is 5.43 Å². The zero-order valence-electron chi connectivity index (χ0n) is 10.2. The van der Waals surface area contributed by atoms with Crippen LogP contribution in [0.2, 0.25) is 0 Å². The minimum atomic E-state index is 0.289. The highest BCUT2D eigenvalue weighted by atomic mass is 16.2. The summed E-state index contributed by atoms with van der Waals surface area (Å²) in [6.45, 7) is 4.37. The van der Waals surface area contributed by atoms with E-state index in [-0.39, 0.29) is 5.91 Å². The number of carbonyl (C=O) groups excluding carboxylic acids is 1. The fourth-order valence-electron chi connectivity index (χ4n) is 4.15. The highest BCUT2D eigenvalue weighted by Gasteiger charge is 2.62. The van der Waals surface area contributed by atoms with E-state index in [0.717, 1.165) is 18.8 Å². The van der Waals surface area contributed by atoms with Gasteiger partial charge in [0.2, 0.25) is 0 Å². The van der Waals surface area contributed by atoms with Gasteiger partial charge in [0.05, 0.1) is 0 Å². The third-order valence-corrected chi connectivity index (χ3v) is 4.86. The standard InChI is InChI=1S/C13H20N2O/c1-3-10(4-2)15-12-9-6-5-8(7-9)11(12)13(16)14-15/h8-9,11-12H,3-7H2,1-2H3/p+1/t8-,9+,11+,12-/m1/s1. The number of hydrogen-bond donors (Lipinski definition) is 1. The van der Waals surface area contributed by atoms with Crippen molar-refractivity contribution >= 4 is 11.6 Å². The van der Waals surface area contributed by atoms with E-state index in [1.807, 2.05) is 0 Å². The van der Waals surface area contributed by atoms with Crippen LogP contribution in [0.25, 0.3) is 0 Å². The first-order valence-electron chi connectivity index (χ1n) is 6.70. The van der Waals surface area contributed by atoms with E-state index < -0.39 is 0 Å². The Morgan fingerprint density at radius 3 is 2.69 bits per heavy atom. The van der Waals surface area contributed by atoms with Crippen molar-refractivity contribution in [3.05, 3.63) is 0 Å². The fourth-order valence-corrected chi connectivity index (χ4v) is 4.15. The van der Waals surface area contributed by atoms with Crippen LogP contribution in [0.15, 0.2) is 0 Å². The lowest BCUT2D eigenvalue weighted by Gasteiger charge is -2.17. The summed E-state index contributed by atoms with van der Waals surface area (Å²) >= 11 is 0. The quantitative estimate of drug-likeness (QED) is 0.707. The number of nitrogens with zero attached hydrogens (tertiary/aromatic N) is 1. The van der Waals surface area contributed by atoms with Crippen molar-refractivity contribution in [2.24, 2.45) is 17.8 Å². The minimum absolute atomic E-state index is 0.289. The summed E-state index contributed by atoms with van der Waals surface area (Å²) in [7, 11) is 0. The molecule has 3 heteroatoms. The molecule has 0 aromatic rings. The molecule has 16 heavy (non-hydrogen) atoms. The van der Waals surface area contributed by atoms with Gasteiger partial charge in [-0.3, -0.25) is 4.79 Å². The van der Waals surface area contributed by atoms with Gasteiger partial charge in [-0.25, -0.2) is 0 Å². The van der Waals surface area contributed by atoms with Crippen LogP contribution in [0.1, 0.15) is 46.0 Å². The number of fused-ring (bicyclic) bond motifs is 5. The summed E-state index contributed by atoms with van der Waals surface area (Å²) in [5.74, 6) is 2.03. The van der Waals surface area contributed by atoms with Crippen molar-refractivity contribution in [3.63, 3.8) is 0 Å². The van der Waals surface area contributed by atoms with E-state index in [2.05, 4.69) is 24.0 Å². The lowest BCUT2D eigenvalue weighted by molar-refractivity contribution is -0.604. The van der Waals surface area contributed by atoms with Crippen molar-refractivity contribution in [3.8, 4) is 0 Å². The number of hydrogen-bond acceptors (Lipinski definition) is 1. The van der Waals surface area contributed by atoms with Crippen LogP contribution in [-0.2, 0) is 4.79 Å². The number of carbonyl (C=O) groups is 1. The van der Waals surface area contributed by atoms with E-state index in [0.29, 0.717) is 17.9 Å². The maximum Gasteiger partial charge on any atom is 0.284 e.